The van der Waals surface area contributed by atoms with E-state index in [1.165, 1.54) is 0 Å². The first-order valence-corrected chi connectivity index (χ1v) is 8.11. The molecule has 0 saturated carbocycles. The summed E-state index contributed by atoms with van der Waals surface area (Å²) in [5, 5.41) is 2.86. The standard InChI is InChI=1S/C21H18N2O2/c24-20(17-5-2-1-3-6-17)18-10-8-16(9-11-18)12-14-23-21(25)19-7-4-13-22-15-19/h1-11,13,15H,12,14H2,(H,23,25). The third-order valence-electron chi connectivity index (χ3n) is 3.88. The van der Waals surface area contributed by atoms with Crippen LogP contribution in [0, 0.1) is 0 Å². The molecule has 0 aliphatic heterocycles. The fourth-order valence-electron chi connectivity index (χ4n) is 2.50. The van der Waals surface area contributed by atoms with Crippen molar-refractivity contribution in [2.75, 3.05) is 6.54 Å². The Hall–Kier alpha value is -3.27. The van der Waals surface area contributed by atoms with Crippen LogP contribution in [0.25, 0.3) is 0 Å². The van der Waals surface area contributed by atoms with E-state index in [2.05, 4.69) is 10.3 Å². The predicted molar refractivity (Wildman–Crippen MR) is 96.6 cm³/mol. The fourth-order valence-corrected chi connectivity index (χ4v) is 2.50. The second-order valence-electron chi connectivity index (χ2n) is 5.64. The Morgan fingerprint density at radius 3 is 2.16 bits per heavy atom. The third-order valence-corrected chi connectivity index (χ3v) is 3.88. The van der Waals surface area contributed by atoms with E-state index in [1.54, 1.807) is 24.5 Å². The van der Waals surface area contributed by atoms with Gasteiger partial charge in [0, 0.05) is 30.1 Å². The van der Waals surface area contributed by atoms with E-state index in [4.69, 9.17) is 0 Å². The van der Waals surface area contributed by atoms with Crippen molar-refractivity contribution in [1.82, 2.24) is 10.3 Å². The van der Waals surface area contributed by atoms with Gasteiger partial charge in [-0.25, -0.2) is 0 Å². The predicted octanol–water partition coefficient (Wildman–Crippen LogP) is 3.29. The van der Waals surface area contributed by atoms with Crippen molar-refractivity contribution in [3.63, 3.8) is 0 Å². The van der Waals surface area contributed by atoms with Crippen LogP contribution in [0.1, 0.15) is 31.8 Å². The Morgan fingerprint density at radius 1 is 0.800 bits per heavy atom. The van der Waals surface area contributed by atoms with Crippen LogP contribution in [0.15, 0.2) is 79.1 Å². The van der Waals surface area contributed by atoms with Crippen LogP contribution in [0.2, 0.25) is 0 Å². The molecule has 0 spiro atoms. The number of aromatic nitrogens is 1. The Kier molecular flexibility index (Phi) is 5.32. The summed E-state index contributed by atoms with van der Waals surface area (Å²) in [6.45, 7) is 0.527. The van der Waals surface area contributed by atoms with E-state index in [1.807, 2.05) is 54.6 Å². The maximum Gasteiger partial charge on any atom is 0.252 e. The number of nitrogens with zero attached hydrogens (tertiary/aromatic N) is 1. The maximum absolute atomic E-state index is 12.4. The highest BCUT2D eigenvalue weighted by molar-refractivity contribution is 6.08. The van der Waals surface area contributed by atoms with E-state index >= 15 is 0 Å². The van der Waals surface area contributed by atoms with E-state index in [0.717, 1.165) is 5.56 Å². The van der Waals surface area contributed by atoms with Crippen LogP contribution in [0.4, 0.5) is 0 Å². The Morgan fingerprint density at radius 2 is 1.48 bits per heavy atom. The van der Waals surface area contributed by atoms with Crippen LogP contribution in [-0.4, -0.2) is 23.2 Å². The van der Waals surface area contributed by atoms with Crippen molar-refractivity contribution in [2.24, 2.45) is 0 Å². The molecular formula is C21H18N2O2. The summed E-state index contributed by atoms with van der Waals surface area (Å²) in [6.07, 6.45) is 3.88. The number of carbonyl (C=O) groups excluding carboxylic acids is 2. The zero-order valence-corrected chi connectivity index (χ0v) is 13.7. The lowest BCUT2D eigenvalue weighted by atomic mass is 10.0. The molecule has 0 radical (unpaired) electrons. The molecule has 124 valence electrons. The van der Waals surface area contributed by atoms with Crippen molar-refractivity contribution in [3.8, 4) is 0 Å². The van der Waals surface area contributed by atoms with Gasteiger partial charge in [0.25, 0.3) is 5.91 Å². The Labute approximate surface area is 146 Å². The minimum atomic E-state index is -0.135. The number of pyridine rings is 1. The lowest BCUT2D eigenvalue weighted by Crippen LogP contribution is -2.25. The largest absolute Gasteiger partial charge is 0.352 e. The smallest absolute Gasteiger partial charge is 0.252 e. The van der Waals surface area contributed by atoms with E-state index in [9.17, 15) is 9.59 Å². The summed E-state index contributed by atoms with van der Waals surface area (Å²) in [6, 6.07) is 20.2. The van der Waals surface area contributed by atoms with Gasteiger partial charge >= 0.3 is 0 Å². The van der Waals surface area contributed by atoms with Crippen molar-refractivity contribution in [3.05, 3.63) is 101 Å². The molecule has 0 atom stereocenters. The fraction of sp³-hybridized carbons (Fsp3) is 0.0952. The second kappa shape index (κ2) is 8.02. The van der Waals surface area contributed by atoms with Crippen LogP contribution in [0.5, 0.6) is 0 Å². The lowest BCUT2D eigenvalue weighted by Gasteiger charge is -2.06. The van der Waals surface area contributed by atoms with Gasteiger partial charge in [-0.15, -0.1) is 0 Å². The van der Waals surface area contributed by atoms with Gasteiger partial charge in [0.15, 0.2) is 5.78 Å². The zero-order valence-electron chi connectivity index (χ0n) is 13.7. The average Bonchev–Trinajstić information content (AvgIpc) is 2.69. The topological polar surface area (TPSA) is 59.1 Å². The molecule has 4 heteroatoms. The van der Waals surface area contributed by atoms with Crippen LogP contribution < -0.4 is 5.32 Å². The summed E-state index contributed by atoms with van der Waals surface area (Å²) >= 11 is 0. The van der Waals surface area contributed by atoms with Crippen molar-refractivity contribution in [2.45, 2.75) is 6.42 Å². The van der Waals surface area contributed by atoms with Gasteiger partial charge in [0.05, 0.1) is 5.56 Å². The molecule has 0 aliphatic rings. The minimum absolute atomic E-state index is 0.0111. The minimum Gasteiger partial charge on any atom is -0.352 e. The molecule has 3 rings (SSSR count). The van der Waals surface area contributed by atoms with Gasteiger partial charge in [-0.1, -0.05) is 54.6 Å². The molecule has 2 aromatic carbocycles. The molecule has 1 amide bonds. The van der Waals surface area contributed by atoms with Gasteiger partial charge in [0.2, 0.25) is 0 Å². The average molecular weight is 330 g/mol. The summed E-state index contributed by atoms with van der Waals surface area (Å²) < 4.78 is 0. The lowest BCUT2D eigenvalue weighted by molar-refractivity contribution is 0.0953. The summed E-state index contributed by atoms with van der Waals surface area (Å²) in [5.74, 6) is -0.124. The number of hydrogen-bond donors (Lipinski definition) is 1. The van der Waals surface area contributed by atoms with E-state index in [0.29, 0.717) is 29.7 Å². The molecule has 0 aliphatic carbocycles. The second-order valence-corrected chi connectivity index (χ2v) is 5.64. The van der Waals surface area contributed by atoms with Crippen LogP contribution in [0.3, 0.4) is 0 Å². The molecular weight excluding hydrogens is 312 g/mol. The molecule has 0 saturated heterocycles. The Balaban J connectivity index is 1.54. The molecule has 1 aromatic heterocycles. The van der Waals surface area contributed by atoms with Crippen molar-refractivity contribution >= 4 is 11.7 Å². The quantitative estimate of drug-likeness (QED) is 0.706. The Bertz CT molecular complexity index is 844. The van der Waals surface area contributed by atoms with Gasteiger partial charge < -0.3 is 5.32 Å². The first-order valence-electron chi connectivity index (χ1n) is 8.11. The monoisotopic (exact) mass is 330 g/mol. The van der Waals surface area contributed by atoms with Gasteiger partial charge in [-0.3, -0.25) is 14.6 Å². The number of nitrogens with one attached hydrogen (secondary N) is 1. The summed E-state index contributed by atoms with van der Waals surface area (Å²) in [4.78, 5) is 28.2. The van der Waals surface area contributed by atoms with Gasteiger partial charge in [0.1, 0.15) is 0 Å². The molecule has 0 fully saturated rings. The van der Waals surface area contributed by atoms with Crippen molar-refractivity contribution < 1.29 is 9.59 Å². The molecule has 0 bridgehead atoms. The molecule has 1 N–H and O–H groups in total. The molecule has 1 heterocycles. The highest BCUT2D eigenvalue weighted by Gasteiger charge is 2.08. The maximum atomic E-state index is 12.4. The SMILES string of the molecule is O=C(NCCc1ccc(C(=O)c2ccccc2)cc1)c1cccnc1. The number of carbonyl (C=O) groups is 2. The number of hydrogen-bond acceptors (Lipinski definition) is 3. The van der Waals surface area contributed by atoms with Gasteiger partial charge in [-0.05, 0) is 24.1 Å². The number of amides is 1. The van der Waals surface area contributed by atoms with Gasteiger partial charge in [-0.2, -0.15) is 0 Å². The number of ketones is 1. The van der Waals surface area contributed by atoms with Crippen LogP contribution in [-0.2, 0) is 6.42 Å². The van der Waals surface area contributed by atoms with E-state index in [-0.39, 0.29) is 11.7 Å². The molecule has 3 aromatic rings. The van der Waals surface area contributed by atoms with E-state index < -0.39 is 0 Å². The van der Waals surface area contributed by atoms with Crippen molar-refractivity contribution in [1.29, 1.82) is 0 Å². The highest BCUT2D eigenvalue weighted by atomic mass is 16.1. The normalized spacial score (nSPS) is 10.2. The molecule has 0 unspecified atom stereocenters. The molecule has 25 heavy (non-hydrogen) atoms. The first-order chi connectivity index (χ1) is 12.2. The first kappa shape index (κ1) is 16.6. The molecule has 4 nitrogen and oxygen atoms in total. The zero-order chi connectivity index (χ0) is 17.5. The summed E-state index contributed by atoms with van der Waals surface area (Å²) in [5.41, 5.74) is 2.95. The summed E-state index contributed by atoms with van der Waals surface area (Å²) in [7, 11) is 0. The van der Waals surface area contributed by atoms with Crippen LogP contribution >= 0.6 is 0 Å². The highest BCUT2D eigenvalue weighted by Crippen LogP contribution is 2.11. The number of rotatable bonds is 6. The number of benzene rings is 2. The third kappa shape index (κ3) is 4.38.